The van der Waals surface area contributed by atoms with Gasteiger partial charge in [0.15, 0.2) is 11.2 Å². The number of aromatic amines is 1. The van der Waals surface area contributed by atoms with Crippen LogP contribution in [0.25, 0.3) is 22.2 Å². The van der Waals surface area contributed by atoms with Crippen LogP contribution in [0.15, 0.2) is 59.5 Å². The van der Waals surface area contributed by atoms with Crippen molar-refractivity contribution in [1.82, 2.24) is 9.97 Å². The van der Waals surface area contributed by atoms with Crippen LogP contribution in [0, 0.1) is 5.82 Å². The number of benzene rings is 2. The SMILES string of the molecule is COc1ccc2c(=O)c3c([nH]c2c1)CC(c1ccc(-c2ccc(C(F)(F)F)cc2F)nc1)CC3=O. The Morgan fingerprint density at radius 1 is 1.03 bits per heavy atom. The molecule has 2 heterocycles. The van der Waals surface area contributed by atoms with Gasteiger partial charge >= 0.3 is 6.18 Å². The van der Waals surface area contributed by atoms with Crippen LogP contribution in [0.4, 0.5) is 17.6 Å². The number of ketones is 1. The molecule has 5 rings (SSSR count). The van der Waals surface area contributed by atoms with Gasteiger partial charge in [0.2, 0.25) is 0 Å². The van der Waals surface area contributed by atoms with Crippen LogP contribution >= 0.6 is 0 Å². The third-order valence-electron chi connectivity index (χ3n) is 6.28. The van der Waals surface area contributed by atoms with Crippen LogP contribution in [-0.2, 0) is 12.6 Å². The lowest BCUT2D eigenvalue weighted by Gasteiger charge is -2.24. The molecule has 0 aliphatic heterocycles. The van der Waals surface area contributed by atoms with Gasteiger partial charge in [-0.15, -0.1) is 0 Å². The summed E-state index contributed by atoms with van der Waals surface area (Å²) in [5, 5.41) is 0.404. The lowest BCUT2D eigenvalue weighted by Crippen LogP contribution is -2.27. The first-order chi connectivity index (χ1) is 16.7. The Kier molecular flexibility index (Phi) is 5.42. The maximum atomic E-state index is 14.3. The lowest BCUT2D eigenvalue weighted by atomic mass is 9.81. The van der Waals surface area contributed by atoms with E-state index in [4.69, 9.17) is 4.74 Å². The summed E-state index contributed by atoms with van der Waals surface area (Å²) in [5.74, 6) is -1.01. The van der Waals surface area contributed by atoms with Gasteiger partial charge < -0.3 is 9.72 Å². The Hall–Kier alpha value is -4.01. The number of hydrogen-bond donors (Lipinski definition) is 1. The smallest absolute Gasteiger partial charge is 0.416 e. The highest BCUT2D eigenvalue weighted by atomic mass is 19.4. The summed E-state index contributed by atoms with van der Waals surface area (Å²) < 4.78 is 58.0. The lowest BCUT2D eigenvalue weighted by molar-refractivity contribution is -0.137. The second-order valence-corrected chi connectivity index (χ2v) is 8.42. The number of carbonyl (C=O) groups is 1. The fraction of sp³-hybridized carbons (Fsp3) is 0.192. The highest BCUT2D eigenvalue weighted by molar-refractivity contribution is 6.01. The van der Waals surface area contributed by atoms with Gasteiger partial charge in [-0.25, -0.2) is 4.39 Å². The van der Waals surface area contributed by atoms with E-state index in [-0.39, 0.29) is 40.4 Å². The van der Waals surface area contributed by atoms with Crippen molar-refractivity contribution in [2.45, 2.75) is 24.9 Å². The van der Waals surface area contributed by atoms with Crippen molar-refractivity contribution in [3.63, 3.8) is 0 Å². The molecular weight excluding hydrogens is 464 g/mol. The molecule has 9 heteroatoms. The van der Waals surface area contributed by atoms with E-state index >= 15 is 0 Å². The highest BCUT2D eigenvalue weighted by Crippen LogP contribution is 2.34. The highest BCUT2D eigenvalue weighted by Gasteiger charge is 2.32. The quantitative estimate of drug-likeness (QED) is 0.382. The number of carbonyl (C=O) groups excluding carboxylic acids is 1. The molecule has 0 saturated carbocycles. The zero-order valence-corrected chi connectivity index (χ0v) is 18.4. The minimum Gasteiger partial charge on any atom is -0.497 e. The number of rotatable bonds is 3. The summed E-state index contributed by atoms with van der Waals surface area (Å²) in [4.78, 5) is 33.3. The molecule has 1 atom stereocenters. The number of hydrogen-bond acceptors (Lipinski definition) is 4. The molecule has 1 aliphatic rings. The van der Waals surface area contributed by atoms with Crippen molar-refractivity contribution in [1.29, 1.82) is 0 Å². The molecule has 0 saturated heterocycles. The molecule has 2 aromatic carbocycles. The molecule has 1 unspecified atom stereocenters. The Bertz CT molecular complexity index is 1530. The van der Waals surface area contributed by atoms with E-state index in [1.54, 1.807) is 24.3 Å². The third-order valence-corrected chi connectivity index (χ3v) is 6.28. The van der Waals surface area contributed by atoms with E-state index < -0.39 is 17.6 Å². The second kappa shape index (κ2) is 8.33. The molecule has 5 nitrogen and oxygen atoms in total. The first-order valence-corrected chi connectivity index (χ1v) is 10.7. The van der Waals surface area contributed by atoms with E-state index in [1.807, 2.05) is 0 Å². The monoisotopic (exact) mass is 482 g/mol. The van der Waals surface area contributed by atoms with Crippen molar-refractivity contribution in [3.05, 3.63) is 93.2 Å². The number of pyridine rings is 2. The number of ether oxygens (including phenoxy) is 1. The summed E-state index contributed by atoms with van der Waals surface area (Å²) in [5.41, 5.74) is 0.651. The van der Waals surface area contributed by atoms with Gasteiger partial charge in [-0.1, -0.05) is 6.07 Å². The second-order valence-electron chi connectivity index (χ2n) is 8.42. The van der Waals surface area contributed by atoms with E-state index in [1.165, 1.54) is 19.4 Å². The number of H-pyrrole nitrogens is 1. The number of fused-ring (bicyclic) bond motifs is 2. The van der Waals surface area contributed by atoms with Gasteiger partial charge in [0, 0.05) is 35.3 Å². The van der Waals surface area contributed by atoms with Crippen LogP contribution in [-0.4, -0.2) is 22.9 Å². The zero-order chi connectivity index (χ0) is 24.9. The van der Waals surface area contributed by atoms with Gasteiger partial charge in [-0.2, -0.15) is 13.2 Å². The third kappa shape index (κ3) is 4.07. The molecule has 2 aromatic heterocycles. The van der Waals surface area contributed by atoms with Crippen molar-refractivity contribution >= 4 is 16.7 Å². The maximum absolute atomic E-state index is 14.3. The summed E-state index contributed by atoms with van der Waals surface area (Å²) in [7, 11) is 1.52. The van der Waals surface area contributed by atoms with E-state index in [0.717, 1.165) is 12.1 Å². The normalized spacial score (nSPS) is 15.8. The Morgan fingerprint density at radius 2 is 1.83 bits per heavy atom. The topological polar surface area (TPSA) is 72.1 Å². The number of nitrogens with one attached hydrogen (secondary N) is 1. The predicted octanol–water partition coefficient (Wildman–Crippen LogP) is 5.67. The molecule has 178 valence electrons. The molecule has 0 spiro atoms. The molecule has 4 aromatic rings. The maximum Gasteiger partial charge on any atom is 0.416 e. The zero-order valence-electron chi connectivity index (χ0n) is 18.4. The molecule has 0 fully saturated rings. The first kappa shape index (κ1) is 22.8. The Labute approximate surface area is 196 Å². The Balaban J connectivity index is 1.46. The fourth-order valence-electron chi connectivity index (χ4n) is 4.48. The average Bonchev–Trinajstić information content (AvgIpc) is 2.83. The molecule has 35 heavy (non-hydrogen) atoms. The largest absolute Gasteiger partial charge is 0.497 e. The Morgan fingerprint density at radius 3 is 2.49 bits per heavy atom. The first-order valence-electron chi connectivity index (χ1n) is 10.7. The van der Waals surface area contributed by atoms with Crippen LogP contribution in [0.5, 0.6) is 5.75 Å². The molecule has 0 radical (unpaired) electrons. The minimum absolute atomic E-state index is 0.0561. The fourth-order valence-corrected chi connectivity index (χ4v) is 4.48. The minimum atomic E-state index is -4.64. The van der Waals surface area contributed by atoms with Crippen molar-refractivity contribution in [2.75, 3.05) is 7.11 Å². The summed E-state index contributed by atoms with van der Waals surface area (Å²) >= 11 is 0. The predicted molar refractivity (Wildman–Crippen MR) is 121 cm³/mol. The van der Waals surface area contributed by atoms with Crippen molar-refractivity contribution in [2.24, 2.45) is 0 Å². The van der Waals surface area contributed by atoms with Gasteiger partial charge in [0.25, 0.3) is 0 Å². The van der Waals surface area contributed by atoms with Crippen molar-refractivity contribution < 1.29 is 27.1 Å². The number of halogens is 4. The molecule has 1 N–H and O–H groups in total. The molecule has 0 bridgehead atoms. The standard InChI is InChI=1S/C26H18F4N2O3/c1-35-16-4-6-18-21(11-16)32-22-8-14(9-23(33)24(22)25(18)34)13-2-7-20(31-12-13)17-5-3-15(10-19(17)27)26(28,29)30/h2-7,10-12,14H,8-9H2,1H3,(H,32,34). The number of nitrogens with zero attached hydrogens (tertiary/aromatic N) is 1. The van der Waals surface area contributed by atoms with E-state index in [9.17, 15) is 27.2 Å². The van der Waals surface area contributed by atoms with E-state index in [2.05, 4.69) is 9.97 Å². The average molecular weight is 482 g/mol. The number of Topliss-reactive ketones (excluding diaryl/α,β-unsaturated/α-hetero) is 1. The number of methoxy groups -OCH3 is 1. The van der Waals surface area contributed by atoms with Crippen LogP contribution in [0.2, 0.25) is 0 Å². The molecule has 0 amide bonds. The van der Waals surface area contributed by atoms with Gasteiger partial charge in [0.05, 0.1) is 29.4 Å². The molecule has 1 aliphatic carbocycles. The van der Waals surface area contributed by atoms with Crippen LogP contribution < -0.4 is 10.2 Å². The number of alkyl halides is 3. The van der Waals surface area contributed by atoms with Crippen LogP contribution in [0.3, 0.4) is 0 Å². The van der Waals surface area contributed by atoms with Gasteiger partial charge in [-0.05, 0) is 54.3 Å². The summed E-state index contributed by atoms with van der Waals surface area (Å²) in [6, 6.07) is 10.4. The van der Waals surface area contributed by atoms with Gasteiger partial charge in [0.1, 0.15) is 11.6 Å². The van der Waals surface area contributed by atoms with Gasteiger partial charge in [-0.3, -0.25) is 14.6 Å². The van der Waals surface area contributed by atoms with Crippen LogP contribution in [0.1, 0.15) is 39.5 Å². The summed E-state index contributed by atoms with van der Waals surface area (Å²) in [6.07, 6.45) is -2.66. The van der Waals surface area contributed by atoms with Crippen molar-refractivity contribution in [3.8, 4) is 17.0 Å². The molecular formula is C26H18F4N2O3. The number of aromatic nitrogens is 2. The summed E-state index contributed by atoms with van der Waals surface area (Å²) in [6.45, 7) is 0. The van der Waals surface area contributed by atoms with E-state index in [0.29, 0.717) is 40.4 Å².